The molecule has 0 spiro atoms. The summed E-state index contributed by atoms with van der Waals surface area (Å²) in [5.74, 6) is -0.366. The molecule has 1 atom stereocenters. The molecule has 1 heterocycles. The van der Waals surface area contributed by atoms with Gasteiger partial charge in [0.2, 0.25) is 11.8 Å². The Bertz CT molecular complexity index is 635. The first-order valence-electron chi connectivity index (χ1n) is 5.74. The monoisotopic (exact) mass is 293 g/mol. The van der Waals surface area contributed by atoms with Crippen LogP contribution in [-0.4, -0.2) is 14.9 Å². The summed E-state index contributed by atoms with van der Waals surface area (Å²) in [6.45, 7) is 0. The molecule has 2 rings (SSSR count). The Hall–Kier alpha value is -2.41. The summed E-state index contributed by atoms with van der Waals surface area (Å²) in [7, 11) is 0. The van der Waals surface area contributed by atoms with Crippen molar-refractivity contribution in [1.29, 1.82) is 0 Å². The molecule has 0 saturated carbocycles. The van der Waals surface area contributed by atoms with Gasteiger partial charge in [0.1, 0.15) is 5.69 Å². The largest absolute Gasteiger partial charge is 0.378 e. The number of alkyl halides is 1. The van der Waals surface area contributed by atoms with Crippen LogP contribution in [0.2, 0.25) is 0 Å². The van der Waals surface area contributed by atoms with Gasteiger partial charge in [0.15, 0.2) is 0 Å². The van der Waals surface area contributed by atoms with Crippen LogP contribution in [0.1, 0.15) is 16.6 Å². The highest BCUT2D eigenvalue weighted by molar-refractivity contribution is 6.20. The lowest BCUT2D eigenvalue weighted by atomic mass is 10.1. The molecular weight excluding hydrogens is 282 g/mol. The minimum absolute atomic E-state index is 0.111. The third-order valence-electron chi connectivity index (χ3n) is 2.72. The van der Waals surface area contributed by atoms with Crippen LogP contribution in [0.25, 0.3) is 0 Å². The lowest BCUT2D eigenvalue weighted by molar-refractivity contribution is -0.385. The molecule has 1 aromatic carbocycles. The highest BCUT2D eigenvalue weighted by Gasteiger charge is 2.24. The van der Waals surface area contributed by atoms with Crippen LogP contribution in [0, 0.1) is 10.1 Å². The highest BCUT2D eigenvalue weighted by atomic mass is 35.5. The Morgan fingerprint density at radius 2 is 1.90 bits per heavy atom. The first-order valence-corrected chi connectivity index (χ1v) is 6.18. The molecule has 0 aliphatic carbocycles. The van der Waals surface area contributed by atoms with Gasteiger partial charge in [-0.3, -0.25) is 10.1 Å². The number of rotatable bonds is 4. The maximum absolute atomic E-state index is 11.0. The van der Waals surface area contributed by atoms with Gasteiger partial charge in [0.05, 0.1) is 10.3 Å². The van der Waals surface area contributed by atoms with E-state index in [1.807, 2.05) is 30.3 Å². The van der Waals surface area contributed by atoms with Crippen molar-refractivity contribution in [1.82, 2.24) is 9.97 Å². The normalized spacial score (nSPS) is 12.1. The van der Waals surface area contributed by atoms with Gasteiger partial charge < -0.3 is 11.5 Å². The van der Waals surface area contributed by atoms with Crippen molar-refractivity contribution < 1.29 is 4.92 Å². The molecule has 1 aromatic heterocycles. The molecule has 0 amide bonds. The molecule has 4 N–H and O–H groups in total. The fourth-order valence-corrected chi connectivity index (χ4v) is 2.12. The quantitative estimate of drug-likeness (QED) is 0.505. The third kappa shape index (κ3) is 2.94. The van der Waals surface area contributed by atoms with E-state index in [-0.39, 0.29) is 29.6 Å². The highest BCUT2D eigenvalue weighted by Crippen LogP contribution is 2.31. The molecule has 0 saturated heterocycles. The van der Waals surface area contributed by atoms with E-state index >= 15 is 0 Å². The number of anilines is 2. The van der Waals surface area contributed by atoms with Gasteiger partial charge in [-0.05, 0) is 5.56 Å². The molecule has 20 heavy (non-hydrogen) atoms. The van der Waals surface area contributed by atoms with E-state index in [9.17, 15) is 10.1 Å². The zero-order chi connectivity index (χ0) is 14.7. The number of hydrogen-bond donors (Lipinski definition) is 2. The van der Waals surface area contributed by atoms with Crippen molar-refractivity contribution in [2.45, 2.75) is 11.8 Å². The predicted molar refractivity (Wildman–Crippen MR) is 76.3 cm³/mol. The molecule has 7 nitrogen and oxygen atoms in total. The predicted octanol–water partition coefficient (Wildman–Crippen LogP) is 2.07. The Morgan fingerprint density at radius 1 is 1.25 bits per heavy atom. The van der Waals surface area contributed by atoms with Crippen molar-refractivity contribution in [3.05, 3.63) is 51.7 Å². The van der Waals surface area contributed by atoms with Gasteiger partial charge >= 0.3 is 5.69 Å². The van der Waals surface area contributed by atoms with Crippen LogP contribution >= 0.6 is 11.6 Å². The van der Waals surface area contributed by atoms with Crippen molar-refractivity contribution >= 4 is 29.1 Å². The topological polar surface area (TPSA) is 121 Å². The molecule has 0 aliphatic heterocycles. The minimum Gasteiger partial charge on any atom is -0.378 e. The second kappa shape index (κ2) is 5.70. The Morgan fingerprint density at radius 3 is 2.50 bits per heavy atom. The summed E-state index contributed by atoms with van der Waals surface area (Å²) in [4.78, 5) is 17.9. The smallest absolute Gasteiger partial charge is 0.332 e. The van der Waals surface area contributed by atoms with Gasteiger partial charge in [-0.15, -0.1) is 11.6 Å². The molecule has 0 aliphatic rings. The number of nitrogens with zero attached hydrogens (tertiary/aromatic N) is 3. The number of nitrogens with two attached hydrogens (primary N) is 2. The maximum Gasteiger partial charge on any atom is 0.332 e. The Balaban J connectivity index is 2.36. The second-order valence-electron chi connectivity index (χ2n) is 4.10. The zero-order valence-electron chi connectivity index (χ0n) is 10.4. The maximum atomic E-state index is 11.0. The average molecular weight is 294 g/mol. The third-order valence-corrected chi connectivity index (χ3v) is 3.12. The number of nitro groups is 1. The second-order valence-corrected chi connectivity index (χ2v) is 4.63. The SMILES string of the molecule is Nc1nc(N)c([N+](=O)[O-])c(CC(Cl)c2ccccc2)n1. The van der Waals surface area contributed by atoms with E-state index in [0.29, 0.717) is 0 Å². The summed E-state index contributed by atoms with van der Waals surface area (Å²) in [5.41, 5.74) is 11.6. The Labute approximate surface area is 119 Å². The molecule has 0 fully saturated rings. The fraction of sp³-hybridized carbons (Fsp3) is 0.167. The van der Waals surface area contributed by atoms with Gasteiger partial charge in [-0.25, -0.2) is 4.98 Å². The van der Waals surface area contributed by atoms with E-state index in [2.05, 4.69) is 9.97 Å². The van der Waals surface area contributed by atoms with E-state index in [4.69, 9.17) is 23.1 Å². The van der Waals surface area contributed by atoms with Crippen molar-refractivity contribution in [2.24, 2.45) is 0 Å². The van der Waals surface area contributed by atoms with Crippen molar-refractivity contribution in [3.63, 3.8) is 0 Å². The van der Waals surface area contributed by atoms with Crippen molar-refractivity contribution in [3.8, 4) is 0 Å². The summed E-state index contributed by atoms with van der Waals surface area (Å²) in [6.07, 6.45) is 0.138. The number of aromatic nitrogens is 2. The summed E-state index contributed by atoms with van der Waals surface area (Å²) < 4.78 is 0. The molecule has 2 aromatic rings. The Kier molecular flexibility index (Phi) is 3.99. The molecule has 0 radical (unpaired) electrons. The first-order chi connectivity index (χ1) is 9.49. The summed E-state index contributed by atoms with van der Waals surface area (Å²) in [5, 5.41) is 10.6. The number of nitrogen functional groups attached to an aromatic ring is 2. The molecule has 8 heteroatoms. The summed E-state index contributed by atoms with van der Waals surface area (Å²) in [6, 6.07) is 9.19. The summed E-state index contributed by atoms with van der Waals surface area (Å²) >= 11 is 6.26. The van der Waals surface area contributed by atoms with Gasteiger partial charge in [-0.2, -0.15) is 4.98 Å². The average Bonchev–Trinajstić information content (AvgIpc) is 2.38. The standard InChI is InChI=1S/C12H12ClN5O2/c13-8(7-4-2-1-3-5-7)6-9-10(18(19)20)11(14)17-12(15)16-9/h1-5,8H,6H2,(H4,14,15,16,17). The number of benzene rings is 1. The van der Waals surface area contributed by atoms with Gasteiger partial charge in [0, 0.05) is 6.42 Å². The number of halogens is 1. The van der Waals surface area contributed by atoms with Crippen LogP contribution in [0.4, 0.5) is 17.5 Å². The van der Waals surface area contributed by atoms with Crippen molar-refractivity contribution in [2.75, 3.05) is 11.5 Å². The van der Waals surface area contributed by atoms with E-state index < -0.39 is 10.3 Å². The molecular formula is C12H12ClN5O2. The first kappa shape index (κ1) is 14.0. The van der Waals surface area contributed by atoms with E-state index in [1.165, 1.54) is 0 Å². The van der Waals surface area contributed by atoms with Crippen LogP contribution in [0.5, 0.6) is 0 Å². The molecule has 0 bridgehead atoms. The lowest BCUT2D eigenvalue weighted by Gasteiger charge is -2.10. The minimum atomic E-state index is -0.626. The number of hydrogen-bond acceptors (Lipinski definition) is 6. The van der Waals surface area contributed by atoms with Crippen LogP contribution in [0.15, 0.2) is 30.3 Å². The van der Waals surface area contributed by atoms with Crippen LogP contribution < -0.4 is 11.5 Å². The lowest BCUT2D eigenvalue weighted by Crippen LogP contribution is -2.10. The van der Waals surface area contributed by atoms with Gasteiger partial charge in [0.25, 0.3) is 0 Å². The fourth-order valence-electron chi connectivity index (χ4n) is 1.83. The zero-order valence-corrected chi connectivity index (χ0v) is 11.1. The molecule has 104 valence electrons. The van der Waals surface area contributed by atoms with Gasteiger partial charge in [-0.1, -0.05) is 30.3 Å². The van der Waals surface area contributed by atoms with Crippen LogP contribution in [0.3, 0.4) is 0 Å². The van der Waals surface area contributed by atoms with E-state index in [1.54, 1.807) is 0 Å². The molecule has 1 unspecified atom stereocenters. The van der Waals surface area contributed by atoms with E-state index in [0.717, 1.165) is 5.56 Å². The van der Waals surface area contributed by atoms with Crippen LogP contribution in [-0.2, 0) is 6.42 Å².